The zero-order valence-corrected chi connectivity index (χ0v) is 8.43. The van der Waals surface area contributed by atoms with Crippen molar-refractivity contribution in [2.24, 2.45) is 10.7 Å². The van der Waals surface area contributed by atoms with Gasteiger partial charge < -0.3 is 19.9 Å². The van der Waals surface area contributed by atoms with Crippen molar-refractivity contribution in [1.82, 2.24) is 0 Å². The van der Waals surface area contributed by atoms with Crippen LogP contribution in [0.4, 0.5) is 4.79 Å². The van der Waals surface area contributed by atoms with E-state index in [4.69, 9.17) is 10.5 Å². The summed E-state index contributed by atoms with van der Waals surface area (Å²) >= 11 is 0. The van der Waals surface area contributed by atoms with Crippen LogP contribution in [0, 0.1) is 0 Å². The Hall–Kier alpha value is -2.05. The zero-order chi connectivity index (χ0) is 11.7. The standard InChI is InChI=1S/C8H12N2O5/c1-6(13-2)7(15-5-11)3-14-8(12)10-4-9/h4-5H,3H2,1-2H3,(H2,9,10,12)/b7-6-. The Bertz CT molecular complexity index is 285. The highest BCUT2D eigenvalue weighted by Gasteiger charge is 2.08. The normalized spacial score (nSPS) is 11.9. The van der Waals surface area contributed by atoms with Crippen LogP contribution in [-0.2, 0) is 19.0 Å². The van der Waals surface area contributed by atoms with Gasteiger partial charge in [-0.25, -0.2) is 4.79 Å². The van der Waals surface area contributed by atoms with Crippen LogP contribution >= 0.6 is 0 Å². The molecule has 7 nitrogen and oxygen atoms in total. The van der Waals surface area contributed by atoms with Crippen LogP contribution < -0.4 is 5.73 Å². The number of aliphatic imine (C=N–C) groups is 1. The number of carbonyl (C=O) groups excluding carboxylic acids is 2. The number of nitrogens with zero attached hydrogens (tertiary/aromatic N) is 1. The average Bonchev–Trinajstić information content (AvgIpc) is 2.23. The maximum absolute atomic E-state index is 10.8. The van der Waals surface area contributed by atoms with E-state index in [1.807, 2.05) is 0 Å². The van der Waals surface area contributed by atoms with Crippen molar-refractivity contribution in [3.05, 3.63) is 11.5 Å². The number of allylic oxidation sites excluding steroid dienone is 1. The molecule has 0 heterocycles. The second-order valence-corrected chi connectivity index (χ2v) is 2.23. The highest BCUT2D eigenvalue weighted by atomic mass is 16.6. The van der Waals surface area contributed by atoms with Crippen LogP contribution in [0.15, 0.2) is 16.5 Å². The van der Waals surface area contributed by atoms with Gasteiger partial charge in [-0.15, -0.1) is 0 Å². The lowest BCUT2D eigenvalue weighted by Crippen LogP contribution is -2.09. The number of hydrogen-bond acceptors (Lipinski definition) is 5. The first-order chi connectivity index (χ1) is 7.15. The summed E-state index contributed by atoms with van der Waals surface area (Å²) in [6.45, 7) is 1.51. The summed E-state index contributed by atoms with van der Waals surface area (Å²) in [6, 6.07) is 0. The fourth-order valence-electron chi connectivity index (χ4n) is 0.616. The Morgan fingerprint density at radius 3 is 2.67 bits per heavy atom. The molecule has 84 valence electrons. The van der Waals surface area contributed by atoms with Gasteiger partial charge >= 0.3 is 6.09 Å². The Balaban J connectivity index is 4.31. The second kappa shape index (κ2) is 7.36. The molecule has 0 aliphatic carbocycles. The molecule has 1 amide bonds. The Morgan fingerprint density at radius 2 is 2.20 bits per heavy atom. The summed E-state index contributed by atoms with van der Waals surface area (Å²) in [4.78, 5) is 24.0. The van der Waals surface area contributed by atoms with Crippen LogP contribution in [0.5, 0.6) is 0 Å². The highest BCUT2D eigenvalue weighted by Crippen LogP contribution is 2.06. The minimum Gasteiger partial charge on any atom is -0.498 e. The third kappa shape index (κ3) is 5.29. The summed E-state index contributed by atoms with van der Waals surface area (Å²) in [5, 5.41) is 0. The molecule has 0 aliphatic heterocycles. The van der Waals surface area contributed by atoms with Crippen LogP contribution in [-0.4, -0.2) is 32.6 Å². The first kappa shape index (κ1) is 12.9. The van der Waals surface area contributed by atoms with Gasteiger partial charge in [0.25, 0.3) is 6.47 Å². The Kier molecular flexibility index (Phi) is 6.36. The molecule has 15 heavy (non-hydrogen) atoms. The Morgan fingerprint density at radius 1 is 1.53 bits per heavy atom. The molecular formula is C8H12N2O5. The van der Waals surface area contributed by atoms with E-state index in [1.165, 1.54) is 7.11 Å². The van der Waals surface area contributed by atoms with Crippen molar-refractivity contribution < 1.29 is 23.8 Å². The Labute approximate surface area is 86.5 Å². The molecule has 0 unspecified atom stereocenters. The van der Waals surface area contributed by atoms with Crippen molar-refractivity contribution in [3.63, 3.8) is 0 Å². The lowest BCUT2D eigenvalue weighted by atomic mass is 10.4. The fraction of sp³-hybridized carbons (Fsp3) is 0.375. The predicted molar refractivity (Wildman–Crippen MR) is 50.9 cm³/mol. The number of carbonyl (C=O) groups is 2. The first-order valence-corrected chi connectivity index (χ1v) is 3.90. The van der Waals surface area contributed by atoms with Gasteiger partial charge in [0.1, 0.15) is 5.76 Å². The maximum Gasteiger partial charge on any atom is 0.435 e. The monoisotopic (exact) mass is 216 g/mol. The molecule has 0 fully saturated rings. The molecule has 0 aromatic rings. The van der Waals surface area contributed by atoms with Crippen molar-refractivity contribution in [1.29, 1.82) is 0 Å². The van der Waals surface area contributed by atoms with Crippen molar-refractivity contribution in [2.75, 3.05) is 13.7 Å². The zero-order valence-electron chi connectivity index (χ0n) is 8.43. The van der Waals surface area contributed by atoms with E-state index < -0.39 is 6.09 Å². The van der Waals surface area contributed by atoms with Gasteiger partial charge in [0.15, 0.2) is 12.4 Å². The molecule has 0 atom stereocenters. The van der Waals surface area contributed by atoms with Gasteiger partial charge in [0.2, 0.25) is 0 Å². The number of rotatable bonds is 5. The lowest BCUT2D eigenvalue weighted by molar-refractivity contribution is -0.126. The van der Waals surface area contributed by atoms with E-state index >= 15 is 0 Å². The molecule has 0 aromatic heterocycles. The van der Waals surface area contributed by atoms with E-state index in [9.17, 15) is 9.59 Å². The number of ether oxygens (including phenoxy) is 3. The lowest BCUT2D eigenvalue weighted by Gasteiger charge is -2.07. The third-order valence-electron chi connectivity index (χ3n) is 1.40. The maximum atomic E-state index is 10.8. The van der Waals surface area contributed by atoms with Gasteiger partial charge in [-0.1, -0.05) is 0 Å². The largest absolute Gasteiger partial charge is 0.498 e. The molecule has 7 heteroatoms. The molecule has 0 spiro atoms. The first-order valence-electron chi connectivity index (χ1n) is 3.90. The van der Waals surface area contributed by atoms with E-state index in [-0.39, 0.29) is 18.8 Å². The van der Waals surface area contributed by atoms with Gasteiger partial charge in [-0.3, -0.25) is 4.79 Å². The molecule has 0 saturated heterocycles. The molecule has 0 saturated carbocycles. The summed E-state index contributed by atoms with van der Waals surface area (Å²) in [5.74, 6) is 0.416. The van der Waals surface area contributed by atoms with E-state index in [0.29, 0.717) is 5.76 Å². The van der Waals surface area contributed by atoms with E-state index in [2.05, 4.69) is 14.5 Å². The quantitative estimate of drug-likeness (QED) is 0.304. The van der Waals surface area contributed by atoms with E-state index in [1.54, 1.807) is 6.92 Å². The molecular weight excluding hydrogens is 204 g/mol. The van der Waals surface area contributed by atoms with Crippen LogP contribution in [0.1, 0.15) is 6.92 Å². The van der Waals surface area contributed by atoms with Crippen LogP contribution in [0.2, 0.25) is 0 Å². The summed E-state index contributed by atoms with van der Waals surface area (Å²) in [6.07, 6.45) is -0.0800. The number of hydrogen-bond donors (Lipinski definition) is 1. The molecule has 2 N–H and O–H groups in total. The van der Waals surface area contributed by atoms with Crippen molar-refractivity contribution >= 4 is 18.9 Å². The summed E-state index contributed by atoms with van der Waals surface area (Å²) in [5.41, 5.74) is 4.86. The fourth-order valence-corrected chi connectivity index (χ4v) is 0.616. The van der Waals surface area contributed by atoms with Crippen molar-refractivity contribution in [3.8, 4) is 0 Å². The van der Waals surface area contributed by atoms with Gasteiger partial charge in [0, 0.05) is 0 Å². The average molecular weight is 216 g/mol. The molecule has 0 radical (unpaired) electrons. The van der Waals surface area contributed by atoms with Gasteiger partial charge in [-0.05, 0) is 6.92 Å². The smallest absolute Gasteiger partial charge is 0.435 e. The van der Waals surface area contributed by atoms with Crippen molar-refractivity contribution in [2.45, 2.75) is 6.92 Å². The minimum absolute atomic E-state index is 0.0908. The minimum atomic E-state index is -0.881. The number of methoxy groups -OCH3 is 1. The summed E-state index contributed by atoms with van der Waals surface area (Å²) < 4.78 is 13.9. The molecule has 0 aromatic carbocycles. The SMILES string of the molecule is CO/C(C)=C(/COC(=O)/N=C\N)OC=O. The van der Waals surface area contributed by atoms with Crippen LogP contribution in [0.25, 0.3) is 0 Å². The van der Waals surface area contributed by atoms with Gasteiger partial charge in [-0.2, -0.15) is 4.99 Å². The number of amides is 1. The third-order valence-corrected chi connectivity index (χ3v) is 1.40. The molecule has 0 aliphatic rings. The molecule has 0 bridgehead atoms. The topological polar surface area (TPSA) is 100 Å². The second-order valence-electron chi connectivity index (χ2n) is 2.23. The highest BCUT2D eigenvalue weighted by molar-refractivity contribution is 5.77. The van der Waals surface area contributed by atoms with E-state index in [0.717, 1.165) is 6.34 Å². The summed E-state index contributed by atoms with van der Waals surface area (Å²) in [7, 11) is 1.39. The van der Waals surface area contributed by atoms with Gasteiger partial charge in [0.05, 0.1) is 13.4 Å². The molecule has 0 rings (SSSR count). The number of nitrogens with two attached hydrogens (primary N) is 1. The van der Waals surface area contributed by atoms with Crippen LogP contribution in [0.3, 0.4) is 0 Å². The predicted octanol–water partition coefficient (Wildman–Crippen LogP) is 0.161.